The van der Waals surface area contributed by atoms with Gasteiger partial charge in [0, 0.05) is 12.6 Å². The number of nitrogens with one attached hydrogen (secondary N) is 1. The van der Waals surface area contributed by atoms with Crippen molar-refractivity contribution >= 4 is 0 Å². The van der Waals surface area contributed by atoms with Crippen LogP contribution in [-0.2, 0) is 6.54 Å². The average molecular weight is 269 g/mol. The Bertz CT molecular complexity index is 557. The van der Waals surface area contributed by atoms with Crippen molar-refractivity contribution in [3.05, 3.63) is 64.7 Å². The fourth-order valence-electron chi connectivity index (χ4n) is 2.41. The maximum atomic E-state index is 5.28. The van der Waals surface area contributed by atoms with Crippen LogP contribution >= 0.6 is 0 Å². The molecule has 0 amide bonds. The van der Waals surface area contributed by atoms with E-state index in [0.717, 1.165) is 12.3 Å². The van der Waals surface area contributed by atoms with Gasteiger partial charge in [-0.2, -0.15) is 0 Å². The predicted molar refractivity (Wildman–Crippen MR) is 84.2 cm³/mol. The third kappa shape index (κ3) is 3.40. The van der Waals surface area contributed by atoms with E-state index in [1.165, 1.54) is 22.3 Å². The molecule has 0 heterocycles. The Labute approximate surface area is 121 Å². The number of rotatable bonds is 5. The van der Waals surface area contributed by atoms with Gasteiger partial charge in [-0.1, -0.05) is 30.3 Å². The van der Waals surface area contributed by atoms with Crippen molar-refractivity contribution in [1.29, 1.82) is 0 Å². The van der Waals surface area contributed by atoms with Crippen LogP contribution in [0.15, 0.2) is 42.5 Å². The molecule has 0 fully saturated rings. The van der Waals surface area contributed by atoms with E-state index in [0.29, 0.717) is 6.04 Å². The zero-order valence-electron chi connectivity index (χ0n) is 12.7. The highest BCUT2D eigenvalue weighted by molar-refractivity contribution is 5.34. The molecular formula is C18H23NO. The largest absolute Gasteiger partial charge is 0.497 e. The van der Waals surface area contributed by atoms with E-state index in [4.69, 9.17) is 4.74 Å². The number of aryl methyl sites for hydroxylation is 2. The highest BCUT2D eigenvalue weighted by Gasteiger charge is 2.08. The third-order valence-electron chi connectivity index (χ3n) is 3.82. The first-order valence-corrected chi connectivity index (χ1v) is 7.04. The van der Waals surface area contributed by atoms with Gasteiger partial charge in [-0.25, -0.2) is 0 Å². The molecule has 2 heteroatoms. The van der Waals surface area contributed by atoms with Gasteiger partial charge in [-0.15, -0.1) is 0 Å². The van der Waals surface area contributed by atoms with Crippen LogP contribution in [0.4, 0.5) is 0 Å². The summed E-state index contributed by atoms with van der Waals surface area (Å²) in [6.07, 6.45) is 0. The molecule has 2 aromatic carbocycles. The van der Waals surface area contributed by atoms with Gasteiger partial charge in [-0.3, -0.25) is 0 Å². The number of methoxy groups -OCH3 is 1. The van der Waals surface area contributed by atoms with Gasteiger partial charge < -0.3 is 10.1 Å². The molecule has 106 valence electrons. The average Bonchev–Trinajstić information content (AvgIpc) is 2.46. The zero-order chi connectivity index (χ0) is 14.5. The first-order chi connectivity index (χ1) is 9.61. The minimum absolute atomic E-state index is 0.295. The normalized spacial score (nSPS) is 12.2. The van der Waals surface area contributed by atoms with Crippen molar-refractivity contribution in [2.75, 3.05) is 7.11 Å². The van der Waals surface area contributed by atoms with Crippen LogP contribution in [-0.4, -0.2) is 7.11 Å². The number of hydrogen-bond donors (Lipinski definition) is 1. The number of hydrogen-bond acceptors (Lipinski definition) is 2. The van der Waals surface area contributed by atoms with Crippen molar-refractivity contribution in [1.82, 2.24) is 5.32 Å². The van der Waals surface area contributed by atoms with E-state index in [1.807, 2.05) is 12.1 Å². The van der Waals surface area contributed by atoms with Gasteiger partial charge in [0.1, 0.15) is 5.75 Å². The first-order valence-electron chi connectivity index (χ1n) is 7.04. The summed E-state index contributed by atoms with van der Waals surface area (Å²) in [7, 11) is 1.70. The second-order valence-corrected chi connectivity index (χ2v) is 5.25. The van der Waals surface area contributed by atoms with Crippen LogP contribution in [0.5, 0.6) is 5.75 Å². The summed E-state index contributed by atoms with van der Waals surface area (Å²) in [6.45, 7) is 7.40. The lowest BCUT2D eigenvalue weighted by Crippen LogP contribution is -2.19. The van der Waals surface area contributed by atoms with E-state index in [9.17, 15) is 0 Å². The van der Waals surface area contributed by atoms with Crippen molar-refractivity contribution in [3.8, 4) is 5.75 Å². The predicted octanol–water partition coefficient (Wildman–Crippen LogP) is 4.16. The fraction of sp³-hybridized carbons (Fsp3) is 0.333. The van der Waals surface area contributed by atoms with Gasteiger partial charge in [0.2, 0.25) is 0 Å². The SMILES string of the molecule is COc1cccc([C@@H](C)NCc2c(C)cccc2C)c1. The molecule has 0 saturated carbocycles. The lowest BCUT2D eigenvalue weighted by Gasteiger charge is -2.17. The minimum atomic E-state index is 0.295. The second kappa shape index (κ2) is 6.58. The molecule has 0 aliphatic heterocycles. The third-order valence-corrected chi connectivity index (χ3v) is 3.82. The minimum Gasteiger partial charge on any atom is -0.497 e. The molecule has 2 nitrogen and oxygen atoms in total. The molecule has 1 N–H and O–H groups in total. The molecule has 0 radical (unpaired) electrons. The molecule has 20 heavy (non-hydrogen) atoms. The summed E-state index contributed by atoms with van der Waals surface area (Å²) in [6, 6.07) is 15.0. The Morgan fingerprint density at radius 1 is 1.05 bits per heavy atom. The van der Waals surface area contributed by atoms with Crippen LogP contribution in [0.3, 0.4) is 0 Å². The molecule has 2 rings (SSSR count). The van der Waals surface area contributed by atoms with E-state index in [1.54, 1.807) is 7.11 Å². The highest BCUT2D eigenvalue weighted by atomic mass is 16.5. The van der Waals surface area contributed by atoms with Crippen LogP contribution in [0, 0.1) is 13.8 Å². The molecular weight excluding hydrogens is 246 g/mol. The second-order valence-electron chi connectivity index (χ2n) is 5.25. The molecule has 0 aromatic heterocycles. The molecule has 0 aliphatic carbocycles. The first kappa shape index (κ1) is 14.6. The van der Waals surface area contributed by atoms with Crippen molar-refractivity contribution in [2.24, 2.45) is 0 Å². The Kier molecular flexibility index (Phi) is 4.80. The lowest BCUT2D eigenvalue weighted by atomic mass is 10.0. The molecule has 0 spiro atoms. The van der Waals surface area contributed by atoms with Gasteiger partial charge >= 0.3 is 0 Å². The van der Waals surface area contributed by atoms with Crippen molar-refractivity contribution in [2.45, 2.75) is 33.4 Å². The van der Waals surface area contributed by atoms with Gasteiger partial charge in [0.05, 0.1) is 7.11 Å². The van der Waals surface area contributed by atoms with Gasteiger partial charge in [0.25, 0.3) is 0 Å². The zero-order valence-corrected chi connectivity index (χ0v) is 12.7. The van der Waals surface area contributed by atoms with Crippen LogP contribution in [0.1, 0.15) is 35.2 Å². The van der Waals surface area contributed by atoms with E-state index >= 15 is 0 Å². The lowest BCUT2D eigenvalue weighted by molar-refractivity contribution is 0.413. The molecule has 0 bridgehead atoms. The smallest absolute Gasteiger partial charge is 0.119 e. The molecule has 0 aliphatic rings. The summed E-state index contributed by atoms with van der Waals surface area (Å²) in [5.41, 5.74) is 5.32. The number of ether oxygens (including phenoxy) is 1. The Morgan fingerprint density at radius 3 is 2.35 bits per heavy atom. The maximum absolute atomic E-state index is 5.28. The van der Waals surface area contributed by atoms with E-state index in [-0.39, 0.29) is 0 Å². The van der Waals surface area contributed by atoms with Gasteiger partial charge in [0.15, 0.2) is 0 Å². The topological polar surface area (TPSA) is 21.3 Å². The van der Waals surface area contributed by atoms with Crippen LogP contribution in [0.2, 0.25) is 0 Å². The van der Waals surface area contributed by atoms with E-state index in [2.05, 4.69) is 56.4 Å². The summed E-state index contributed by atoms with van der Waals surface area (Å²) in [4.78, 5) is 0. The monoisotopic (exact) mass is 269 g/mol. The Hall–Kier alpha value is -1.80. The van der Waals surface area contributed by atoms with Gasteiger partial charge in [-0.05, 0) is 55.2 Å². The Morgan fingerprint density at radius 2 is 1.70 bits per heavy atom. The summed E-state index contributed by atoms with van der Waals surface area (Å²) in [5.74, 6) is 0.906. The van der Waals surface area contributed by atoms with Crippen LogP contribution in [0.25, 0.3) is 0 Å². The highest BCUT2D eigenvalue weighted by Crippen LogP contribution is 2.20. The summed E-state index contributed by atoms with van der Waals surface area (Å²) in [5, 5.41) is 3.59. The quantitative estimate of drug-likeness (QED) is 0.880. The summed E-state index contributed by atoms with van der Waals surface area (Å²) < 4.78 is 5.28. The molecule has 2 aromatic rings. The van der Waals surface area contributed by atoms with E-state index < -0.39 is 0 Å². The molecule has 1 atom stereocenters. The fourth-order valence-corrected chi connectivity index (χ4v) is 2.41. The van der Waals surface area contributed by atoms with Crippen molar-refractivity contribution < 1.29 is 4.74 Å². The molecule has 0 unspecified atom stereocenters. The number of benzene rings is 2. The van der Waals surface area contributed by atoms with Crippen LogP contribution < -0.4 is 10.1 Å². The van der Waals surface area contributed by atoms with Crippen molar-refractivity contribution in [3.63, 3.8) is 0 Å². The maximum Gasteiger partial charge on any atom is 0.119 e. The summed E-state index contributed by atoms with van der Waals surface area (Å²) >= 11 is 0. The molecule has 0 saturated heterocycles. The Balaban J connectivity index is 2.06. The standard InChI is InChI=1S/C18H23NO/c1-13-7-5-8-14(2)18(13)12-19-15(3)16-9-6-10-17(11-16)20-4/h5-11,15,19H,12H2,1-4H3/t15-/m1/s1.